The first-order valence-electron chi connectivity index (χ1n) is 8.44. The van der Waals surface area contributed by atoms with Crippen molar-refractivity contribution in [2.45, 2.75) is 13.0 Å². The third-order valence-corrected chi connectivity index (χ3v) is 4.69. The summed E-state index contributed by atoms with van der Waals surface area (Å²) in [6, 6.07) is 8.34. The summed E-state index contributed by atoms with van der Waals surface area (Å²) in [5.41, 5.74) is 2.21. The molecule has 1 aliphatic heterocycles. The molecule has 5 nitrogen and oxygen atoms in total. The van der Waals surface area contributed by atoms with Crippen LogP contribution in [0.5, 0.6) is 0 Å². The summed E-state index contributed by atoms with van der Waals surface area (Å²) in [7, 11) is 0. The van der Waals surface area contributed by atoms with Gasteiger partial charge in [0, 0.05) is 74.6 Å². The predicted molar refractivity (Wildman–Crippen MR) is 98.6 cm³/mol. The third kappa shape index (κ3) is 4.66. The molecule has 1 aliphatic rings. The Hall–Kier alpha value is -1.69. The van der Waals surface area contributed by atoms with E-state index >= 15 is 0 Å². The van der Waals surface area contributed by atoms with Crippen molar-refractivity contribution in [2.75, 3.05) is 44.2 Å². The summed E-state index contributed by atoms with van der Waals surface area (Å²) in [6.45, 7) is 8.37. The van der Waals surface area contributed by atoms with Gasteiger partial charge in [0.1, 0.15) is 0 Å². The molecule has 0 radical (unpaired) electrons. The van der Waals surface area contributed by atoms with Crippen LogP contribution in [0.15, 0.2) is 42.9 Å². The van der Waals surface area contributed by atoms with Gasteiger partial charge in [-0.2, -0.15) is 0 Å². The molecule has 24 heavy (non-hydrogen) atoms. The molecule has 1 aromatic carbocycles. The maximum atomic E-state index is 6.09. The number of nitrogens with zero attached hydrogens (tertiary/aromatic N) is 4. The molecule has 2 heterocycles. The molecular formula is C18H24ClN5. The van der Waals surface area contributed by atoms with E-state index in [2.05, 4.69) is 38.1 Å². The molecule has 0 unspecified atom stereocenters. The first-order chi connectivity index (χ1) is 11.7. The van der Waals surface area contributed by atoms with Gasteiger partial charge in [0.05, 0.1) is 5.69 Å². The van der Waals surface area contributed by atoms with Crippen LogP contribution in [0.3, 0.4) is 0 Å². The van der Waals surface area contributed by atoms with Crippen LogP contribution >= 0.6 is 11.6 Å². The molecule has 1 N–H and O–H groups in total. The summed E-state index contributed by atoms with van der Waals surface area (Å²) in [5, 5.41) is 4.32. The molecule has 0 amide bonds. The standard InChI is InChI=1S/C18H24ClN5/c1-15(18-14-20-5-6-22-18)21-7-8-23-9-11-24(12-10-23)17-4-2-3-16(19)13-17/h2-6,13-15,21H,7-12H2,1H3/t15-/m1/s1. The van der Waals surface area contributed by atoms with Crippen molar-refractivity contribution in [1.29, 1.82) is 0 Å². The van der Waals surface area contributed by atoms with Gasteiger partial charge in [0.25, 0.3) is 0 Å². The van der Waals surface area contributed by atoms with Crippen molar-refractivity contribution in [3.8, 4) is 0 Å². The van der Waals surface area contributed by atoms with Crippen LogP contribution in [-0.4, -0.2) is 54.1 Å². The Morgan fingerprint density at radius 3 is 2.75 bits per heavy atom. The number of piperazine rings is 1. The molecule has 0 spiro atoms. The normalized spacial score (nSPS) is 17.0. The van der Waals surface area contributed by atoms with Gasteiger partial charge in [-0.05, 0) is 25.1 Å². The Morgan fingerprint density at radius 2 is 2.04 bits per heavy atom. The Balaban J connectivity index is 1.40. The highest BCUT2D eigenvalue weighted by molar-refractivity contribution is 6.30. The fraction of sp³-hybridized carbons (Fsp3) is 0.444. The predicted octanol–water partition coefficient (Wildman–Crippen LogP) is 2.60. The summed E-state index contributed by atoms with van der Waals surface area (Å²) < 4.78 is 0. The second-order valence-electron chi connectivity index (χ2n) is 6.11. The number of benzene rings is 1. The summed E-state index contributed by atoms with van der Waals surface area (Å²) >= 11 is 6.09. The lowest BCUT2D eigenvalue weighted by Crippen LogP contribution is -2.48. The van der Waals surface area contributed by atoms with Gasteiger partial charge in [-0.3, -0.25) is 14.9 Å². The lowest BCUT2D eigenvalue weighted by molar-refractivity contribution is 0.254. The Labute approximate surface area is 148 Å². The fourth-order valence-corrected chi connectivity index (χ4v) is 3.16. The van der Waals surface area contributed by atoms with E-state index in [0.717, 1.165) is 50.0 Å². The highest BCUT2D eigenvalue weighted by Crippen LogP contribution is 2.20. The Bertz CT molecular complexity index is 628. The average Bonchev–Trinajstić information content (AvgIpc) is 2.63. The van der Waals surface area contributed by atoms with Crippen molar-refractivity contribution < 1.29 is 0 Å². The second-order valence-corrected chi connectivity index (χ2v) is 6.55. The Morgan fingerprint density at radius 1 is 1.21 bits per heavy atom. The zero-order valence-corrected chi connectivity index (χ0v) is 14.8. The van der Waals surface area contributed by atoms with E-state index < -0.39 is 0 Å². The van der Waals surface area contributed by atoms with E-state index in [4.69, 9.17) is 11.6 Å². The van der Waals surface area contributed by atoms with Crippen LogP contribution in [0.1, 0.15) is 18.7 Å². The van der Waals surface area contributed by atoms with Crippen molar-refractivity contribution in [2.24, 2.45) is 0 Å². The quantitative estimate of drug-likeness (QED) is 0.871. The number of hydrogen-bond donors (Lipinski definition) is 1. The maximum Gasteiger partial charge on any atom is 0.0753 e. The molecule has 1 atom stereocenters. The summed E-state index contributed by atoms with van der Waals surface area (Å²) in [6.07, 6.45) is 5.26. The van der Waals surface area contributed by atoms with Gasteiger partial charge >= 0.3 is 0 Å². The van der Waals surface area contributed by atoms with Crippen LogP contribution in [0.2, 0.25) is 5.02 Å². The van der Waals surface area contributed by atoms with E-state index in [-0.39, 0.29) is 6.04 Å². The van der Waals surface area contributed by atoms with Crippen LogP contribution < -0.4 is 10.2 Å². The number of anilines is 1. The Kier molecular flexibility index (Phi) is 6.01. The molecule has 1 saturated heterocycles. The highest BCUT2D eigenvalue weighted by atomic mass is 35.5. The van der Waals surface area contributed by atoms with E-state index in [1.54, 1.807) is 12.4 Å². The molecular weight excluding hydrogens is 322 g/mol. The van der Waals surface area contributed by atoms with Gasteiger partial charge < -0.3 is 10.2 Å². The molecule has 0 bridgehead atoms. The maximum absolute atomic E-state index is 6.09. The lowest BCUT2D eigenvalue weighted by Gasteiger charge is -2.36. The molecule has 0 saturated carbocycles. The van der Waals surface area contributed by atoms with Crippen molar-refractivity contribution in [3.63, 3.8) is 0 Å². The number of rotatable bonds is 6. The second kappa shape index (κ2) is 8.42. The molecule has 0 aliphatic carbocycles. The van der Waals surface area contributed by atoms with Gasteiger partial charge in [0.15, 0.2) is 0 Å². The van der Waals surface area contributed by atoms with Crippen molar-refractivity contribution in [1.82, 2.24) is 20.2 Å². The van der Waals surface area contributed by atoms with Crippen LogP contribution in [-0.2, 0) is 0 Å². The molecule has 1 aromatic heterocycles. The molecule has 128 valence electrons. The van der Waals surface area contributed by atoms with Gasteiger partial charge in [-0.15, -0.1) is 0 Å². The van der Waals surface area contributed by atoms with E-state index in [1.165, 1.54) is 5.69 Å². The zero-order valence-electron chi connectivity index (χ0n) is 14.0. The smallest absolute Gasteiger partial charge is 0.0753 e. The first-order valence-corrected chi connectivity index (χ1v) is 8.82. The van der Waals surface area contributed by atoms with E-state index in [9.17, 15) is 0 Å². The number of nitrogens with one attached hydrogen (secondary N) is 1. The van der Waals surface area contributed by atoms with Gasteiger partial charge in [0.2, 0.25) is 0 Å². The average molecular weight is 346 g/mol. The van der Waals surface area contributed by atoms with Crippen LogP contribution in [0.4, 0.5) is 5.69 Å². The number of halogens is 1. The third-order valence-electron chi connectivity index (χ3n) is 4.45. The van der Waals surface area contributed by atoms with Crippen LogP contribution in [0.25, 0.3) is 0 Å². The minimum Gasteiger partial charge on any atom is -0.369 e. The monoisotopic (exact) mass is 345 g/mol. The first kappa shape index (κ1) is 17.1. The fourth-order valence-electron chi connectivity index (χ4n) is 2.98. The van der Waals surface area contributed by atoms with E-state index in [1.807, 2.05) is 24.4 Å². The molecule has 1 fully saturated rings. The van der Waals surface area contributed by atoms with Crippen molar-refractivity contribution >= 4 is 17.3 Å². The minimum atomic E-state index is 0.228. The summed E-state index contributed by atoms with van der Waals surface area (Å²) in [4.78, 5) is 13.4. The van der Waals surface area contributed by atoms with Gasteiger partial charge in [-0.1, -0.05) is 17.7 Å². The molecule has 3 rings (SSSR count). The minimum absolute atomic E-state index is 0.228. The zero-order chi connectivity index (χ0) is 16.8. The lowest BCUT2D eigenvalue weighted by atomic mass is 10.2. The SMILES string of the molecule is C[C@@H](NCCN1CCN(c2cccc(Cl)c2)CC1)c1cnccn1. The highest BCUT2D eigenvalue weighted by Gasteiger charge is 2.17. The largest absolute Gasteiger partial charge is 0.369 e. The van der Waals surface area contributed by atoms with Gasteiger partial charge in [-0.25, -0.2) is 0 Å². The number of aromatic nitrogens is 2. The van der Waals surface area contributed by atoms with Crippen LogP contribution in [0, 0.1) is 0 Å². The topological polar surface area (TPSA) is 44.3 Å². The molecule has 6 heteroatoms. The van der Waals surface area contributed by atoms with E-state index in [0.29, 0.717) is 0 Å². The summed E-state index contributed by atoms with van der Waals surface area (Å²) in [5.74, 6) is 0. The molecule has 2 aromatic rings. The van der Waals surface area contributed by atoms with Crippen molar-refractivity contribution in [3.05, 3.63) is 53.6 Å². The number of hydrogen-bond acceptors (Lipinski definition) is 5.